The van der Waals surface area contributed by atoms with E-state index >= 15 is 52.7 Å². The first-order valence-corrected chi connectivity index (χ1v) is 17.2. The molecule has 0 spiro atoms. The molecule has 9 rings (SSSR count). The third-order valence-corrected chi connectivity index (χ3v) is 11.5. The van der Waals surface area contributed by atoms with Crippen molar-refractivity contribution < 1.29 is 52.7 Å². The fourth-order valence-electron chi connectivity index (χ4n) is 8.91. The lowest BCUT2D eigenvalue weighted by Crippen LogP contribution is -2.67. The van der Waals surface area contributed by atoms with Crippen molar-refractivity contribution in [3.63, 3.8) is 0 Å². The molecule has 0 N–H and O–H groups in total. The van der Waals surface area contributed by atoms with Crippen molar-refractivity contribution in [3.8, 4) is 0 Å². The van der Waals surface area contributed by atoms with Crippen LogP contribution in [0.4, 0.5) is 69.7 Å². The lowest BCUT2D eigenvalue weighted by molar-refractivity contribution is -0.302. The van der Waals surface area contributed by atoms with Crippen LogP contribution in [-0.4, -0.2) is 25.3 Å². The second-order valence-corrected chi connectivity index (χ2v) is 15.6. The Hall–Kier alpha value is -4.81. The maximum atomic E-state index is 16.2. The molecule has 0 amide bonds. The molecule has 0 radical (unpaired) electrons. The van der Waals surface area contributed by atoms with Gasteiger partial charge in [0.25, 0.3) is 0 Å². The van der Waals surface area contributed by atoms with Crippen molar-refractivity contribution in [2.75, 3.05) is 4.90 Å². The van der Waals surface area contributed by atoms with Gasteiger partial charge in [0.05, 0.1) is 0 Å². The SMILES string of the molecule is CC(C)(C)c1cc2c3c(c1)B(c1ccccc1)c1c(ccc4c1C(F)(F)C(F)(F)C4(F)F)N3c1ccc3c(c1B2c1ccccc1)C(F)(F)C(F)(F)C3(F)F. The van der Waals surface area contributed by atoms with Crippen LogP contribution in [0.2, 0.25) is 0 Å². The standard InChI is InChI=1S/C40H25B2F12N/c1-34(2,3)20-18-25-33-26(19-20)42(22-12-8-5-9-13-22)32-28(17-15-24-30(32)38(49,50)40(53,54)36(24,45)46)55(33)27-16-14-23-29(37(47,48)39(51,52)35(23,43)44)31(27)41(25)21-10-6-4-7-11-21/h4-19H,1-3H3. The van der Waals surface area contributed by atoms with E-state index in [1.54, 1.807) is 69.3 Å². The summed E-state index contributed by atoms with van der Waals surface area (Å²) in [6.07, 6.45) is 0. The molecular formula is C40H25B2F12N. The topological polar surface area (TPSA) is 3.24 Å². The van der Waals surface area contributed by atoms with Crippen molar-refractivity contribution in [3.05, 3.63) is 125 Å². The normalized spacial score (nSPS) is 21.0. The number of hydrogen-bond acceptors (Lipinski definition) is 1. The lowest BCUT2D eigenvalue weighted by Gasteiger charge is -2.46. The number of alkyl halides is 12. The molecule has 2 aliphatic carbocycles. The van der Waals surface area contributed by atoms with Crippen LogP contribution in [0.25, 0.3) is 0 Å². The average Bonchev–Trinajstić information content (AvgIpc) is 3.31. The highest BCUT2D eigenvalue weighted by molar-refractivity contribution is 7.02. The Morgan fingerprint density at radius 3 is 1.18 bits per heavy atom. The van der Waals surface area contributed by atoms with E-state index in [1.807, 2.05) is 0 Å². The van der Waals surface area contributed by atoms with Crippen molar-refractivity contribution in [2.45, 2.75) is 61.7 Å². The van der Waals surface area contributed by atoms with Gasteiger partial charge < -0.3 is 4.90 Å². The molecular weight excluding hydrogens is 744 g/mol. The van der Waals surface area contributed by atoms with Gasteiger partial charge in [-0.2, -0.15) is 52.7 Å². The quantitative estimate of drug-likeness (QED) is 0.128. The van der Waals surface area contributed by atoms with E-state index in [2.05, 4.69) is 0 Å². The fraction of sp³-hybridized carbons (Fsp3) is 0.250. The first-order valence-electron chi connectivity index (χ1n) is 17.2. The maximum absolute atomic E-state index is 16.2. The van der Waals surface area contributed by atoms with Crippen LogP contribution in [0.1, 0.15) is 48.6 Å². The molecule has 1 nitrogen and oxygen atoms in total. The number of benzene rings is 5. The van der Waals surface area contributed by atoms with Gasteiger partial charge in [-0.25, -0.2) is 0 Å². The highest BCUT2D eigenvalue weighted by atomic mass is 19.4. The third kappa shape index (κ3) is 4.11. The summed E-state index contributed by atoms with van der Waals surface area (Å²) in [5.74, 6) is -33.4. The number of hydrogen-bond donors (Lipinski definition) is 0. The van der Waals surface area contributed by atoms with Gasteiger partial charge >= 0.3 is 35.5 Å². The zero-order valence-electron chi connectivity index (χ0n) is 28.9. The van der Waals surface area contributed by atoms with Crippen LogP contribution < -0.4 is 37.7 Å². The molecule has 5 aromatic carbocycles. The lowest BCUT2D eigenvalue weighted by atomic mass is 9.29. The molecule has 5 aromatic rings. The summed E-state index contributed by atoms with van der Waals surface area (Å²) in [4.78, 5) is 1.11. The highest BCUT2D eigenvalue weighted by Gasteiger charge is 2.81. The smallest absolute Gasteiger partial charge is 0.313 e. The second kappa shape index (κ2) is 10.5. The molecule has 15 heteroatoms. The number of rotatable bonds is 2. The van der Waals surface area contributed by atoms with Crippen LogP contribution in [0.15, 0.2) is 97.1 Å². The van der Waals surface area contributed by atoms with E-state index in [1.165, 1.54) is 24.3 Å². The Labute approximate surface area is 307 Å². The van der Waals surface area contributed by atoms with Crippen LogP contribution >= 0.6 is 0 Å². The molecule has 2 heterocycles. The highest BCUT2D eigenvalue weighted by Crippen LogP contribution is 2.65. The zero-order valence-corrected chi connectivity index (χ0v) is 28.9. The van der Waals surface area contributed by atoms with E-state index in [-0.39, 0.29) is 27.5 Å². The Bertz CT molecular complexity index is 2300. The molecule has 0 saturated heterocycles. The molecule has 0 aromatic heterocycles. The molecule has 0 saturated carbocycles. The number of halogens is 12. The van der Waals surface area contributed by atoms with Gasteiger partial charge in [-0.1, -0.05) is 117 Å². The van der Waals surface area contributed by atoms with E-state index < -0.39 is 98.9 Å². The van der Waals surface area contributed by atoms with Gasteiger partial charge in [0.2, 0.25) is 13.4 Å². The molecule has 0 atom stereocenters. The van der Waals surface area contributed by atoms with Crippen molar-refractivity contribution >= 4 is 63.3 Å². The largest absolute Gasteiger partial charge is 0.380 e. The van der Waals surface area contributed by atoms with Crippen LogP contribution in [0.3, 0.4) is 0 Å². The molecule has 0 bridgehead atoms. The molecule has 55 heavy (non-hydrogen) atoms. The van der Waals surface area contributed by atoms with Crippen LogP contribution in [0.5, 0.6) is 0 Å². The van der Waals surface area contributed by atoms with E-state index in [0.717, 1.165) is 17.0 Å². The molecule has 0 fully saturated rings. The third-order valence-electron chi connectivity index (χ3n) is 11.5. The fourth-order valence-corrected chi connectivity index (χ4v) is 8.91. The van der Waals surface area contributed by atoms with Crippen molar-refractivity contribution in [2.24, 2.45) is 0 Å². The monoisotopic (exact) mass is 769 g/mol. The first kappa shape index (κ1) is 35.9. The van der Waals surface area contributed by atoms with Gasteiger partial charge in [-0.3, -0.25) is 0 Å². The summed E-state index contributed by atoms with van der Waals surface area (Å²) in [6.45, 7) is 2.43. The summed E-state index contributed by atoms with van der Waals surface area (Å²) in [6, 6.07) is 21.2. The van der Waals surface area contributed by atoms with Gasteiger partial charge in [-0.15, -0.1) is 0 Å². The number of anilines is 3. The van der Waals surface area contributed by atoms with Gasteiger partial charge in [0.1, 0.15) is 0 Å². The summed E-state index contributed by atoms with van der Waals surface area (Å²) in [5, 5.41) is 0. The summed E-state index contributed by atoms with van der Waals surface area (Å²) in [7, 11) is 0. The molecule has 2 aliphatic heterocycles. The predicted octanol–water partition coefficient (Wildman–Crippen LogP) is 7.78. The van der Waals surface area contributed by atoms with E-state index in [0.29, 0.717) is 17.7 Å². The maximum Gasteiger partial charge on any atom is 0.380 e. The van der Waals surface area contributed by atoms with Crippen molar-refractivity contribution in [1.82, 2.24) is 0 Å². The molecule has 280 valence electrons. The number of nitrogens with zero attached hydrogens (tertiary/aromatic N) is 1. The molecule has 0 unspecified atom stereocenters. The first-order chi connectivity index (χ1) is 25.5. The zero-order chi connectivity index (χ0) is 39.6. The summed E-state index contributed by atoms with van der Waals surface area (Å²) in [5.41, 5.74) is -8.30. The molecule has 4 aliphatic rings. The van der Waals surface area contributed by atoms with Gasteiger partial charge in [-0.05, 0) is 45.0 Å². The summed E-state index contributed by atoms with van der Waals surface area (Å²) < 4.78 is 188. The predicted molar refractivity (Wildman–Crippen MR) is 187 cm³/mol. The average molecular weight is 769 g/mol. The summed E-state index contributed by atoms with van der Waals surface area (Å²) >= 11 is 0. The van der Waals surface area contributed by atoms with E-state index in [9.17, 15) is 0 Å². The van der Waals surface area contributed by atoms with Crippen molar-refractivity contribution in [1.29, 1.82) is 0 Å². The minimum Gasteiger partial charge on any atom is -0.313 e. The minimum absolute atomic E-state index is 0.137. The Morgan fingerprint density at radius 2 is 0.836 bits per heavy atom. The Balaban J connectivity index is 1.51. The minimum atomic E-state index is -5.89. The Kier molecular flexibility index (Phi) is 6.86. The van der Waals surface area contributed by atoms with E-state index in [4.69, 9.17) is 0 Å². The number of fused-ring (bicyclic) bond motifs is 8. The van der Waals surface area contributed by atoms with Crippen LogP contribution in [0, 0.1) is 0 Å². The van der Waals surface area contributed by atoms with Crippen LogP contribution in [-0.2, 0) is 29.1 Å². The van der Waals surface area contributed by atoms with Gasteiger partial charge in [0, 0.05) is 39.3 Å². The Morgan fingerprint density at radius 1 is 0.473 bits per heavy atom. The second-order valence-electron chi connectivity index (χ2n) is 15.6. The van der Waals surface area contributed by atoms with Gasteiger partial charge in [0.15, 0.2) is 0 Å².